The predicted molar refractivity (Wildman–Crippen MR) is 97.5 cm³/mol. The molecule has 4 atom stereocenters. The largest absolute Gasteiger partial charge is 0.493 e. The standard InChI is InChI=1S/C20H22N2O5/c1-22-8-7-20-12-4-5-13(21-26-10-16(23)24)19(20)27-18-15(25-2)6-3-11(17(18)20)9-14(12)22/h3-6,12,14,19H,7-10H2,1-2H3,(H,23,24)/b21-13-/t12-,14+,19-,20-/m0/s1. The summed E-state index contributed by atoms with van der Waals surface area (Å²) in [5.41, 5.74) is 3.00. The summed E-state index contributed by atoms with van der Waals surface area (Å²) in [6, 6.07) is 4.54. The van der Waals surface area contributed by atoms with E-state index in [0.717, 1.165) is 30.9 Å². The fourth-order valence-corrected chi connectivity index (χ4v) is 5.49. The van der Waals surface area contributed by atoms with Gasteiger partial charge in [0.05, 0.1) is 12.5 Å². The topological polar surface area (TPSA) is 80.6 Å². The molecule has 4 aliphatic rings. The highest BCUT2D eigenvalue weighted by Crippen LogP contribution is 2.62. The van der Waals surface area contributed by atoms with Gasteiger partial charge in [-0.15, -0.1) is 0 Å². The van der Waals surface area contributed by atoms with Crippen LogP contribution in [0.25, 0.3) is 0 Å². The number of carbonyl (C=O) groups is 1. The molecule has 5 rings (SSSR count). The predicted octanol–water partition coefficient (Wildman–Crippen LogP) is 1.60. The van der Waals surface area contributed by atoms with E-state index in [1.165, 1.54) is 11.1 Å². The maximum Gasteiger partial charge on any atom is 0.344 e. The van der Waals surface area contributed by atoms with Gasteiger partial charge in [0.15, 0.2) is 17.6 Å². The summed E-state index contributed by atoms with van der Waals surface area (Å²) >= 11 is 0. The Morgan fingerprint density at radius 1 is 1.48 bits per heavy atom. The Balaban J connectivity index is 1.67. The lowest BCUT2D eigenvalue weighted by Crippen LogP contribution is -2.64. The average molecular weight is 370 g/mol. The first-order valence-electron chi connectivity index (χ1n) is 9.23. The number of carboxylic acids is 1. The maximum absolute atomic E-state index is 10.8. The number of methoxy groups -OCH3 is 1. The normalized spacial score (nSPS) is 34.1. The van der Waals surface area contributed by atoms with Crippen molar-refractivity contribution in [1.29, 1.82) is 0 Å². The molecule has 2 bridgehead atoms. The van der Waals surface area contributed by atoms with Crippen molar-refractivity contribution in [2.45, 2.75) is 30.4 Å². The minimum absolute atomic E-state index is 0.200. The third-order valence-electron chi connectivity index (χ3n) is 6.58. The first-order chi connectivity index (χ1) is 13.1. The summed E-state index contributed by atoms with van der Waals surface area (Å²) in [4.78, 5) is 18.3. The van der Waals surface area contributed by atoms with Crippen LogP contribution in [0.4, 0.5) is 0 Å². The third kappa shape index (κ3) is 2.12. The van der Waals surface area contributed by atoms with Gasteiger partial charge in [0.25, 0.3) is 0 Å². The van der Waals surface area contributed by atoms with E-state index in [1.807, 2.05) is 12.1 Å². The van der Waals surface area contributed by atoms with Crippen LogP contribution in [0.3, 0.4) is 0 Å². The SMILES string of the molecule is COc1ccc2c3c1O[C@H]1/C(=N\OCC(=O)O)C=C[C@H]4[C@@H](C2)N(C)CC[C@]314. The highest BCUT2D eigenvalue weighted by atomic mass is 16.6. The highest BCUT2D eigenvalue weighted by molar-refractivity contribution is 6.02. The molecule has 1 aromatic carbocycles. The summed E-state index contributed by atoms with van der Waals surface area (Å²) in [6.45, 7) is 0.515. The van der Waals surface area contributed by atoms with E-state index in [9.17, 15) is 4.79 Å². The number of oxime groups is 1. The quantitative estimate of drug-likeness (QED) is 0.811. The summed E-state index contributed by atoms with van der Waals surface area (Å²) < 4.78 is 12.0. The lowest BCUT2D eigenvalue weighted by atomic mass is 9.53. The summed E-state index contributed by atoms with van der Waals surface area (Å²) in [6.07, 6.45) is 5.79. The van der Waals surface area contributed by atoms with Crippen LogP contribution in [-0.2, 0) is 21.5 Å². The van der Waals surface area contributed by atoms with E-state index in [4.69, 9.17) is 19.4 Å². The van der Waals surface area contributed by atoms with E-state index in [2.05, 4.69) is 29.2 Å². The van der Waals surface area contributed by atoms with Crippen LogP contribution in [-0.4, -0.2) is 61.1 Å². The number of likely N-dealkylation sites (N-methyl/N-ethyl adjacent to an activating group) is 1. The zero-order chi connectivity index (χ0) is 18.8. The van der Waals surface area contributed by atoms with Gasteiger partial charge in [-0.25, -0.2) is 4.79 Å². The number of likely N-dealkylation sites (tertiary alicyclic amines) is 1. The summed E-state index contributed by atoms with van der Waals surface area (Å²) in [5, 5.41) is 13.0. The molecule has 1 fully saturated rings. The molecule has 2 aliphatic carbocycles. The van der Waals surface area contributed by atoms with Gasteiger partial charge in [0.2, 0.25) is 6.61 Å². The lowest BCUT2D eigenvalue weighted by molar-refractivity contribution is -0.142. The maximum atomic E-state index is 10.8. The van der Waals surface area contributed by atoms with Gasteiger partial charge >= 0.3 is 5.97 Å². The monoisotopic (exact) mass is 370 g/mol. The molecule has 1 N–H and O–H groups in total. The van der Waals surface area contributed by atoms with Crippen molar-refractivity contribution in [3.8, 4) is 11.5 Å². The van der Waals surface area contributed by atoms with Crippen molar-refractivity contribution < 1.29 is 24.2 Å². The van der Waals surface area contributed by atoms with Gasteiger partial charge in [-0.05, 0) is 44.1 Å². The number of ether oxygens (including phenoxy) is 2. The van der Waals surface area contributed by atoms with Crippen molar-refractivity contribution in [3.63, 3.8) is 0 Å². The molecule has 7 heteroatoms. The van der Waals surface area contributed by atoms with Crippen LogP contribution in [0.2, 0.25) is 0 Å². The number of aliphatic carboxylic acids is 1. The molecular weight excluding hydrogens is 348 g/mol. The van der Waals surface area contributed by atoms with Gasteiger partial charge in [0, 0.05) is 17.5 Å². The van der Waals surface area contributed by atoms with Crippen LogP contribution in [0, 0.1) is 5.92 Å². The smallest absolute Gasteiger partial charge is 0.344 e. The highest BCUT2D eigenvalue weighted by Gasteiger charge is 2.64. The Labute approximate surface area is 157 Å². The molecule has 1 aromatic rings. The molecule has 2 aliphatic heterocycles. The molecule has 0 amide bonds. The van der Waals surface area contributed by atoms with E-state index in [-0.39, 0.29) is 11.5 Å². The Morgan fingerprint density at radius 3 is 3.11 bits per heavy atom. The van der Waals surface area contributed by atoms with Gasteiger partial charge in [-0.2, -0.15) is 0 Å². The van der Waals surface area contributed by atoms with Crippen LogP contribution in [0.15, 0.2) is 29.4 Å². The molecule has 0 saturated carbocycles. The number of piperidine rings is 1. The zero-order valence-corrected chi connectivity index (χ0v) is 15.3. The number of hydrogen-bond donors (Lipinski definition) is 1. The van der Waals surface area contributed by atoms with Gasteiger partial charge in [-0.3, -0.25) is 0 Å². The zero-order valence-electron chi connectivity index (χ0n) is 15.3. The van der Waals surface area contributed by atoms with Crippen molar-refractivity contribution in [2.75, 3.05) is 27.3 Å². The Hall–Kier alpha value is -2.54. The minimum Gasteiger partial charge on any atom is -0.493 e. The number of rotatable bonds is 4. The number of hydrogen-bond acceptors (Lipinski definition) is 6. The Bertz CT molecular complexity index is 879. The molecule has 7 nitrogen and oxygen atoms in total. The Kier molecular flexibility index (Phi) is 3.53. The van der Waals surface area contributed by atoms with E-state index in [1.54, 1.807) is 7.11 Å². The fourth-order valence-electron chi connectivity index (χ4n) is 5.49. The van der Waals surface area contributed by atoms with Crippen LogP contribution in [0.5, 0.6) is 11.5 Å². The van der Waals surface area contributed by atoms with Gasteiger partial charge in [0.1, 0.15) is 5.71 Å². The molecule has 0 unspecified atom stereocenters. The van der Waals surface area contributed by atoms with Crippen molar-refractivity contribution >= 4 is 11.7 Å². The van der Waals surface area contributed by atoms with Crippen LogP contribution < -0.4 is 9.47 Å². The molecule has 1 spiro atoms. The second-order valence-electron chi connectivity index (χ2n) is 7.74. The van der Waals surface area contributed by atoms with E-state index >= 15 is 0 Å². The van der Waals surface area contributed by atoms with Crippen LogP contribution >= 0.6 is 0 Å². The number of nitrogens with zero attached hydrogens (tertiary/aromatic N) is 2. The molecule has 1 saturated heterocycles. The minimum atomic E-state index is -1.05. The fraction of sp³-hybridized carbons (Fsp3) is 0.500. The third-order valence-corrected chi connectivity index (χ3v) is 6.58. The second-order valence-corrected chi connectivity index (χ2v) is 7.74. The molecule has 0 aromatic heterocycles. The number of benzene rings is 1. The molecule has 0 radical (unpaired) electrons. The van der Waals surface area contributed by atoms with Crippen molar-refractivity contribution in [2.24, 2.45) is 11.1 Å². The van der Waals surface area contributed by atoms with Crippen molar-refractivity contribution in [3.05, 3.63) is 35.4 Å². The lowest BCUT2D eigenvalue weighted by Gasteiger charge is -2.55. The molecular formula is C20H22N2O5. The Morgan fingerprint density at radius 2 is 2.33 bits per heavy atom. The second kappa shape index (κ2) is 5.73. The van der Waals surface area contributed by atoms with Crippen LogP contribution in [0.1, 0.15) is 17.5 Å². The van der Waals surface area contributed by atoms with Crippen molar-refractivity contribution in [1.82, 2.24) is 4.90 Å². The van der Waals surface area contributed by atoms with E-state index < -0.39 is 12.6 Å². The van der Waals surface area contributed by atoms with Gasteiger partial charge in [-0.1, -0.05) is 17.3 Å². The van der Waals surface area contributed by atoms with E-state index in [0.29, 0.717) is 17.7 Å². The molecule has 142 valence electrons. The summed E-state index contributed by atoms with van der Waals surface area (Å²) in [5.74, 6) is 0.814. The average Bonchev–Trinajstić information content (AvgIpc) is 3.00. The van der Waals surface area contributed by atoms with Gasteiger partial charge < -0.3 is 24.3 Å². The summed E-state index contributed by atoms with van der Waals surface area (Å²) in [7, 11) is 3.84. The number of carboxylic acid groups (broad SMARTS) is 1. The molecule has 2 heterocycles. The first kappa shape index (κ1) is 16.6. The molecule has 27 heavy (non-hydrogen) atoms. The first-order valence-corrected chi connectivity index (χ1v) is 9.23.